The third kappa shape index (κ3) is 20.3. The Kier molecular flexibility index (Phi) is 33.0. The maximum Gasteiger partial charge on any atom is 0.177 e. The van der Waals surface area contributed by atoms with Gasteiger partial charge in [0, 0.05) is 31.2 Å². The zero-order chi connectivity index (χ0) is 20.0. The van der Waals surface area contributed by atoms with Crippen molar-refractivity contribution < 1.29 is 9.13 Å². The van der Waals surface area contributed by atoms with Gasteiger partial charge in [0.05, 0.1) is 0 Å². The Morgan fingerprint density at radius 2 is 1.00 bits per heavy atom. The van der Waals surface area contributed by atoms with E-state index in [-0.39, 0.29) is 0 Å². The number of pyridine rings is 2. The minimum atomic E-state index is 1.28. The van der Waals surface area contributed by atoms with Crippen LogP contribution in [0.4, 0.5) is 0 Å². The molecule has 2 nitrogen and oxygen atoms in total. The van der Waals surface area contributed by atoms with Gasteiger partial charge in [-0.25, -0.2) is 9.13 Å². The van der Waals surface area contributed by atoms with Gasteiger partial charge in [-0.05, 0) is 12.5 Å². The first-order valence-electron chi connectivity index (χ1n) is 9.43. The van der Waals surface area contributed by atoms with Crippen molar-refractivity contribution in [2.75, 3.05) is 0 Å². The van der Waals surface area contributed by atoms with Crippen LogP contribution in [-0.4, -0.2) is 0 Å². The van der Waals surface area contributed by atoms with Crippen LogP contribution in [0.1, 0.15) is 66.6 Å². The molecule has 0 unspecified atom stereocenters. The third-order valence-corrected chi connectivity index (χ3v) is 2.46. The van der Waals surface area contributed by atoms with Gasteiger partial charge in [0.25, 0.3) is 0 Å². The fourth-order valence-corrected chi connectivity index (χ4v) is 1.18. The summed E-state index contributed by atoms with van der Waals surface area (Å²) in [5, 5.41) is 0. The van der Waals surface area contributed by atoms with Crippen molar-refractivity contribution in [1.29, 1.82) is 0 Å². The van der Waals surface area contributed by atoms with E-state index < -0.39 is 0 Å². The zero-order valence-corrected chi connectivity index (χ0v) is 18.5. The van der Waals surface area contributed by atoms with Gasteiger partial charge in [0.15, 0.2) is 24.3 Å². The molecule has 0 amide bonds. The molecule has 0 aliphatic rings. The van der Waals surface area contributed by atoms with Crippen molar-refractivity contribution in [3.05, 3.63) is 60.2 Å². The molecule has 2 aromatic rings. The molecule has 0 aromatic carbocycles. The molecule has 0 bridgehead atoms. The molecule has 140 valence electrons. The maximum absolute atomic E-state index is 2.08. The summed E-state index contributed by atoms with van der Waals surface area (Å²) in [4.78, 5) is 0. The first-order chi connectivity index (χ1) is 11.6. The summed E-state index contributed by atoms with van der Waals surface area (Å²) in [6.45, 7) is 20.2. The number of aryl methyl sites for hydroxylation is 4. The standard InChI is InChI=1S/2C7H10N.4C2H6/c1-7-3-5-8(2)6-4-7;1-7-5-3-4-6-8(7)2;4*1-2/h2*3-6H,1-2H3;4*1-2H3/q2*+1;;;;. The summed E-state index contributed by atoms with van der Waals surface area (Å²) in [6.07, 6.45) is 6.11. The van der Waals surface area contributed by atoms with Crippen molar-refractivity contribution in [3.63, 3.8) is 0 Å². The first kappa shape index (κ1) is 30.2. The average Bonchev–Trinajstić information content (AvgIpc) is 2.67. The molecule has 0 saturated heterocycles. The van der Waals surface area contributed by atoms with Crippen LogP contribution in [0.5, 0.6) is 0 Å². The van der Waals surface area contributed by atoms with Crippen molar-refractivity contribution in [2.45, 2.75) is 69.2 Å². The van der Waals surface area contributed by atoms with Crippen LogP contribution in [0.15, 0.2) is 48.9 Å². The lowest BCUT2D eigenvalue weighted by Gasteiger charge is -1.87. The Morgan fingerprint density at radius 1 is 0.583 bits per heavy atom. The van der Waals surface area contributed by atoms with Gasteiger partial charge < -0.3 is 0 Å². The van der Waals surface area contributed by atoms with E-state index in [1.54, 1.807) is 0 Å². The molecule has 0 atom stereocenters. The van der Waals surface area contributed by atoms with Gasteiger partial charge in [-0.1, -0.05) is 61.5 Å². The quantitative estimate of drug-likeness (QED) is 0.542. The van der Waals surface area contributed by atoms with E-state index in [4.69, 9.17) is 0 Å². The second-order valence-corrected chi connectivity index (χ2v) is 3.99. The molecule has 0 radical (unpaired) electrons. The molecular formula is C22H44N2+2. The number of rotatable bonds is 0. The Bertz CT molecular complexity index is 392. The molecule has 0 spiro atoms. The van der Waals surface area contributed by atoms with E-state index in [1.807, 2.05) is 105 Å². The largest absolute Gasteiger partial charge is 0.208 e. The molecule has 24 heavy (non-hydrogen) atoms. The predicted octanol–water partition coefficient (Wildman–Crippen LogP) is 5.74. The van der Waals surface area contributed by atoms with Crippen molar-refractivity contribution in [3.8, 4) is 0 Å². The highest BCUT2D eigenvalue weighted by atomic mass is 14.9. The Labute approximate surface area is 153 Å². The molecule has 0 aliphatic heterocycles. The van der Waals surface area contributed by atoms with E-state index in [9.17, 15) is 0 Å². The summed E-state index contributed by atoms with van der Waals surface area (Å²) in [5.41, 5.74) is 2.59. The first-order valence-corrected chi connectivity index (χ1v) is 9.43. The Balaban J connectivity index is -0.000000118. The molecule has 0 fully saturated rings. The second-order valence-electron chi connectivity index (χ2n) is 3.99. The summed E-state index contributed by atoms with van der Waals surface area (Å²) in [7, 11) is 4.05. The van der Waals surface area contributed by atoms with Crippen LogP contribution in [-0.2, 0) is 14.1 Å². The lowest BCUT2D eigenvalue weighted by molar-refractivity contribution is -0.677. The second kappa shape index (κ2) is 26.2. The summed E-state index contributed by atoms with van der Waals surface area (Å²) in [6, 6.07) is 10.3. The summed E-state index contributed by atoms with van der Waals surface area (Å²) < 4.78 is 4.10. The van der Waals surface area contributed by atoms with Crippen molar-refractivity contribution in [1.82, 2.24) is 0 Å². The van der Waals surface area contributed by atoms with Crippen LogP contribution in [0, 0.1) is 13.8 Å². The third-order valence-electron chi connectivity index (χ3n) is 2.46. The molecule has 0 saturated carbocycles. The fraction of sp³-hybridized carbons (Fsp3) is 0.545. The van der Waals surface area contributed by atoms with Crippen LogP contribution in [0.2, 0.25) is 0 Å². The smallest absolute Gasteiger partial charge is 0.177 e. The Morgan fingerprint density at radius 3 is 1.25 bits per heavy atom. The molecular weight excluding hydrogens is 292 g/mol. The highest BCUT2D eigenvalue weighted by Crippen LogP contribution is 1.87. The summed E-state index contributed by atoms with van der Waals surface area (Å²) >= 11 is 0. The lowest BCUT2D eigenvalue weighted by Crippen LogP contribution is -2.30. The van der Waals surface area contributed by atoms with Gasteiger partial charge in [-0.3, -0.25) is 0 Å². The minimum Gasteiger partial charge on any atom is -0.208 e. The van der Waals surface area contributed by atoms with Crippen molar-refractivity contribution in [2.24, 2.45) is 14.1 Å². The average molecular weight is 337 g/mol. The molecule has 2 aromatic heterocycles. The monoisotopic (exact) mass is 336 g/mol. The molecule has 2 rings (SSSR count). The van der Waals surface area contributed by atoms with E-state index in [1.165, 1.54) is 11.3 Å². The fourth-order valence-electron chi connectivity index (χ4n) is 1.18. The zero-order valence-electron chi connectivity index (χ0n) is 18.5. The van der Waals surface area contributed by atoms with Gasteiger partial charge in [0.1, 0.15) is 14.1 Å². The maximum atomic E-state index is 2.08. The number of nitrogens with zero attached hydrogens (tertiary/aromatic N) is 2. The van der Waals surface area contributed by atoms with Crippen LogP contribution < -0.4 is 9.13 Å². The number of hydrogen-bond acceptors (Lipinski definition) is 0. The lowest BCUT2D eigenvalue weighted by atomic mass is 10.3. The number of aromatic nitrogens is 2. The number of hydrogen-bond donors (Lipinski definition) is 0. The van der Waals surface area contributed by atoms with E-state index in [0.29, 0.717) is 0 Å². The molecule has 2 heteroatoms. The topological polar surface area (TPSA) is 7.76 Å². The molecule has 0 N–H and O–H groups in total. The van der Waals surface area contributed by atoms with Crippen LogP contribution in [0.3, 0.4) is 0 Å². The van der Waals surface area contributed by atoms with Crippen LogP contribution >= 0.6 is 0 Å². The summed E-state index contributed by atoms with van der Waals surface area (Å²) in [5.74, 6) is 0. The van der Waals surface area contributed by atoms with Gasteiger partial charge in [-0.15, -0.1) is 0 Å². The highest BCUT2D eigenvalue weighted by molar-refractivity contribution is 5.02. The van der Waals surface area contributed by atoms with Crippen LogP contribution in [0.25, 0.3) is 0 Å². The van der Waals surface area contributed by atoms with Gasteiger partial charge >= 0.3 is 0 Å². The minimum absolute atomic E-state index is 1.28. The normalized spacial score (nSPS) is 7.17. The molecule has 2 heterocycles. The molecule has 0 aliphatic carbocycles. The van der Waals surface area contributed by atoms with E-state index >= 15 is 0 Å². The predicted molar refractivity (Wildman–Crippen MR) is 110 cm³/mol. The van der Waals surface area contributed by atoms with Gasteiger partial charge in [-0.2, -0.15) is 0 Å². The van der Waals surface area contributed by atoms with Crippen molar-refractivity contribution >= 4 is 0 Å². The van der Waals surface area contributed by atoms with E-state index in [2.05, 4.69) is 36.6 Å². The van der Waals surface area contributed by atoms with Gasteiger partial charge in [0.2, 0.25) is 0 Å². The SMILES string of the molecule is CC.CC.CC.CC.Cc1cc[n+](C)cc1.Cc1cccc[n+]1C. The highest BCUT2D eigenvalue weighted by Gasteiger charge is 1.91. The van der Waals surface area contributed by atoms with E-state index in [0.717, 1.165) is 0 Å². The Hall–Kier alpha value is -1.70.